The number of aryl methyl sites for hydroxylation is 1. The van der Waals surface area contributed by atoms with Crippen LogP contribution in [0, 0.1) is 6.92 Å². The van der Waals surface area contributed by atoms with Gasteiger partial charge in [-0.3, -0.25) is 4.79 Å². The van der Waals surface area contributed by atoms with Crippen molar-refractivity contribution in [1.82, 2.24) is 10.2 Å². The molecule has 0 aliphatic carbocycles. The van der Waals surface area contributed by atoms with Crippen LogP contribution in [0.3, 0.4) is 0 Å². The monoisotopic (exact) mass is 252 g/mol. The van der Waals surface area contributed by atoms with E-state index >= 15 is 0 Å². The van der Waals surface area contributed by atoms with Crippen molar-refractivity contribution in [3.05, 3.63) is 21.9 Å². The van der Waals surface area contributed by atoms with Gasteiger partial charge in [-0.15, -0.1) is 11.3 Å². The second-order valence-corrected chi connectivity index (χ2v) is 5.90. The molecule has 1 aromatic heterocycles. The summed E-state index contributed by atoms with van der Waals surface area (Å²) in [4.78, 5) is 16.4. The number of carbonyl (C=O) groups is 1. The molecule has 1 aromatic rings. The van der Waals surface area contributed by atoms with E-state index in [1.165, 1.54) is 22.6 Å². The fourth-order valence-corrected chi connectivity index (χ4v) is 2.97. The maximum Gasteiger partial charge on any atom is 0.223 e. The molecule has 1 aliphatic heterocycles. The van der Waals surface area contributed by atoms with Gasteiger partial charge in [0.05, 0.1) is 0 Å². The lowest BCUT2D eigenvalue weighted by Gasteiger charge is -2.14. The van der Waals surface area contributed by atoms with Crippen LogP contribution in [0.5, 0.6) is 0 Å². The molecular weight excluding hydrogens is 232 g/mol. The molecule has 3 nitrogen and oxygen atoms in total. The summed E-state index contributed by atoms with van der Waals surface area (Å²) in [6.45, 7) is 5.70. The SMILES string of the molecule is Cc1ccc(CNCCC(=O)N2CCCC2)s1. The summed E-state index contributed by atoms with van der Waals surface area (Å²) in [5.41, 5.74) is 0. The Kier molecular flexibility index (Phi) is 4.57. The van der Waals surface area contributed by atoms with Gasteiger partial charge in [0.1, 0.15) is 0 Å². The molecule has 17 heavy (non-hydrogen) atoms. The summed E-state index contributed by atoms with van der Waals surface area (Å²) in [5.74, 6) is 0.303. The molecule has 0 spiro atoms. The number of nitrogens with zero attached hydrogens (tertiary/aromatic N) is 1. The van der Waals surface area contributed by atoms with E-state index in [0.717, 1.165) is 26.2 Å². The molecule has 94 valence electrons. The highest BCUT2D eigenvalue weighted by molar-refractivity contribution is 7.11. The van der Waals surface area contributed by atoms with Gasteiger partial charge < -0.3 is 10.2 Å². The highest BCUT2D eigenvalue weighted by Crippen LogP contribution is 2.14. The summed E-state index contributed by atoms with van der Waals surface area (Å²) in [6, 6.07) is 4.28. The van der Waals surface area contributed by atoms with Crippen LogP contribution in [0.15, 0.2) is 12.1 Å². The van der Waals surface area contributed by atoms with E-state index in [1.807, 2.05) is 16.2 Å². The number of amides is 1. The van der Waals surface area contributed by atoms with Crippen LogP contribution in [0.2, 0.25) is 0 Å². The molecule has 1 fully saturated rings. The number of carbonyl (C=O) groups excluding carboxylic acids is 1. The van der Waals surface area contributed by atoms with Gasteiger partial charge in [0.2, 0.25) is 5.91 Å². The predicted molar refractivity (Wildman–Crippen MR) is 71.2 cm³/mol. The smallest absolute Gasteiger partial charge is 0.223 e. The molecule has 0 saturated carbocycles. The van der Waals surface area contributed by atoms with Gasteiger partial charge in [-0.2, -0.15) is 0 Å². The van der Waals surface area contributed by atoms with Gasteiger partial charge in [-0.25, -0.2) is 0 Å². The van der Waals surface area contributed by atoms with Gasteiger partial charge >= 0.3 is 0 Å². The molecule has 4 heteroatoms. The van der Waals surface area contributed by atoms with Crippen LogP contribution in [0.4, 0.5) is 0 Å². The molecule has 2 heterocycles. The van der Waals surface area contributed by atoms with Crippen molar-refractivity contribution in [2.45, 2.75) is 32.7 Å². The fourth-order valence-electron chi connectivity index (χ4n) is 2.11. The average molecular weight is 252 g/mol. The summed E-state index contributed by atoms with van der Waals surface area (Å²) in [7, 11) is 0. The molecule has 0 atom stereocenters. The topological polar surface area (TPSA) is 32.3 Å². The Labute approximate surface area is 107 Å². The largest absolute Gasteiger partial charge is 0.343 e. The maximum atomic E-state index is 11.7. The second kappa shape index (κ2) is 6.17. The fraction of sp³-hybridized carbons (Fsp3) is 0.615. The van der Waals surface area contributed by atoms with Crippen LogP contribution < -0.4 is 5.32 Å². The van der Waals surface area contributed by atoms with Crippen LogP contribution in [-0.4, -0.2) is 30.4 Å². The molecule has 0 unspecified atom stereocenters. The van der Waals surface area contributed by atoms with Crippen molar-refractivity contribution in [1.29, 1.82) is 0 Å². The van der Waals surface area contributed by atoms with Gasteiger partial charge in [0, 0.05) is 42.4 Å². The average Bonchev–Trinajstić information content (AvgIpc) is 2.95. The van der Waals surface area contributed by atoms with Crippen LogP contribution in [0.1, 0.15) is 29.0 Å². The number of nitrogens with one attached hydrogen (secondary N) is 1. The minimum Gasteiger partial charge on any atom is -0.343 e. The number of thiophene rings is 1. The van der Waals surface area contributed by atoms with Crippen molar-refractivity contribution in [2.24, 2.45) is 0 Å². The zero-order valence-corrected chi connectivity index (χ0v) is 11.2. The molecule has 0 aromatic carbocycles. The van der Waals surface area contributed by atoms with Gasteiger partial charge in [-0.1, -0.05) is 0 Å². The minimum absolute atomic E-state index is 0.303. The highest BCUT2D eigenvalue weighted by atomic mass is 32.1. The van der Waals surface area contributed by atoms with Crippen molar-refractivity contribution >= 4 is 17.2 Å². The normalized spacial score (nSPS) is 15.5. The van der Waals surface area contributed by atoms with E-state index in [0.29, 0.717) is 12.3 Å². The van der Waals surface area contributed by atoms with E-state index in [2.05, 4.69) is 24.4 Å². The molecule has 2 rings (SSSR count). The van der Waals surface area contributed by atoms with E-state index < -0.39 is 0 Å². The molecule has 0 radical (unpaired) electrons. The summed E-state index contributed by atoms with van der Waals surface area (Å²) in [5, 5.41) is 3.33. The minimum atomic E-state index is 0.303. The number of rotatable bonds is 5. The second-order valence-electron chi connectivity index (χ2n) is 4.53. The van der Waals surface area contributed by atoms with Crippen molar-refractivity contribution in [3.8, 4) is 0 Å². The Hall–Kier alpha value is -0.870. The van der Waals surface area contributed by atoms with Crippen LogP contribution in [0.25, 0.3) is 0 Å². The van der Waals surface area contributed by atoms with Crippen LogP contribution >= 0.6 is 11.3 Å². The first-order chi connectivity index (χ1) is 8.25. The Morgan fingerprint density at radius 2 is 2.18 bits per heavy atom. The lowest BCUT2D eigenvalue weighted by Crippen LogP contribution is -2.30. The zero-order valence-electron chi connectivity index (χ0n) is 10.4. The first-order valence-corrected chi connectivity index (χ1v) is 7.11. The standard InChI is InChI=1S/C13H20N2OS/c1-11-4-5-12(17-11)10-14-7-6-13(16)15-8-2-3-9-15/h4-5,14H,2-3,6-10H2,1H3. The summed E-state index contributed by atoms with van der Waals surface area (Å²) < 4.78 is 0. The predicted octanol–water partition coefficient (Wildman–Crippen LogP) is 2.16. The van der Waals surface area contributed by atoms with E-state index in [4.69, 9.17) is 0 Å². The van der Waals surface area contributed by atoms with E-state index in [1.54, 1.807) is 0 Å². The lowest BCUT2D eigenvalue weighted by molar-refractivity contribution is -0.130. The quantitative estimate of drug-likeness (QED) is 0.815. The zero-order chi connectivity index (χ0) is 12.1. The van der Waals surface area contributed by atoms with Gasteiger partial charge in [0.15, 0.2) is 0 Å². The molecule has 1 amide bonds. The third kappa shape index (κ3) is 3.82. The molecule has 1 N–H and O–H groups in total. The van der Waals surface area contributed by atoms with Crippen LogP contribution in [-0.2, 0) is 11.3 Å². The van der Waals surface area contributed by atoms with Gasteiger partial charge in [0.25, 0.3) is 0 Å². The molecule has 1 saturated heterocycles. The first kappa shape index (κ1) is 12.6. The Bertz CT molecular complexity index is 369. The number of likely N-dealkylation sites (tertiary alicyclic amines) is 1. The third-order valence-electron chi connectivity index (χ3n) is 3.07. The Morgan fingerprint density at radius 3 is 2.82 bits per heavy atom. The van der Waals surface area contributed by atoms with Crippen molar-refractivity contribution in [3.63, 3.8) is 0 Å². The molecule has 1 aliphatic rings. The van der Waals surface area contributed by atoms with Crippen molar-refractivity contribution < 1.29 is 4.79 Å². The Morgan fingerprint density at radius 1 is 1.41 bits per heavy atom. The molecule has 0 bridgehead atoms. The number of hydrogen-bond acceptors (Lipinski definition) is 3. The van der Waals surface area contributed by atoms with Gasteiger partial charge in [-0.05, 0) is 31.9 Å². The maximum absolute atomic E-state index is 11.7. The molecular formula is C13H20N2OS. The summed E-state index contributed by atoms with van der Waals surface area (Å²) >= 11 is 1.81. The van der Waals surface area contributed by atoms with E-state index in [-0.39, 0.29) is 0 Å². The van der Waals surface area contributed by atoms with Crippen molar-refractivity contribution in [2.75, 3.05) is 19.6 Å². The summed E-state index contributed by atoms with van der Waals surface area (Å²) in [6.07, 6.45) is 2.98. The third-order valence-corrected chi connectivity index (χ3v) is 4.07. The first-order valence-electron chi connectivity index (χ1n) is 6.29. The lowest BCUT2D eigenvalue weighted by atomic mass is 10.3. The van der Waals surface area contributed by atoms with E-state index in [9.17, 15) is 4.79 Å². The highest BCUT2D eigenvalue weighted by Gasteiger charge is 2.16. The number of hydrogen-bond donors (Lipinski definition) is 1. The Balaban J connectivity index is 1.61.